The Hall–Kier alpha value is -2.31. The van der Waals surface area contributed by atoms with Crippen molar-refractivity contribution >= 4 is 5.82 Å². The van der Waals surface area contributed by atoms with Gasteiger partial charge in [0.05, 0.1) is 7.11 Å². The summed E-state index contributed by atoms with van der Waals surface area (Å²) in [6, 6.07) is 8.50. The van der Waals surface area contributed by atoms with E-state index in [9.17, 15) is 13.2 Å². The zero-order valence-corrected chi connectivity index (χ0v) is 12.3. The number of anilines is 1. The molecule has 118 valence electrons. The highest BCUT2D eigenvalue weighted by molar-refractivity contribution is 5.39. The highest BCUT2D eigenvalue weighted by Crippen LogP contribution is 2.28. The first kappa shape index (κ1) is 16.1. The van der Waals surface area contributed by atoms with Crippen LogP contribution in [0.1, 0.15) is 11.3 Å². The van der Waals surface area contributed by atoms with Crippen molar-refractivity contribution in [3.63, 3.8) is 0 Å². The van der Waals surface area contributed by atoms with E-state index in [0.29, 0.717) is 13.0 Å². The van der Waals surface area contributed by atoms with Crippen LogP contribution in [0.3, 0.4) is 0 Å². The third-order valence-corrected chi connectivity index (χ3v) is 3.23. The monoisotopic (exact) mass is 311 g/mol. The number of alkyl halides is 3. The van der Waals surface area contributed by atoms with Gasteiger partial charge in [0.1, 0.15) is 23.6 Å². The summed E-state index contributed by atoms with van der Waals surface area (Å²) in [6.45, 7) is 0.542. The van der Waals surface area contributed by atoms with E-state index in [2.05, 4.69) is 9.97 Å². The van der Waals surface area contributed by atoms with Gasteiger partial charge in [0.25, 0.3) is 0 Å². The number of hydrogen-bond acceptors (Lipinski definition) is 4. The molecule has 0 atom stereocenters. The Labute approximate surface area is 126 Å². The minimum absolute atomic E-state index is 0.246. The van der Waals surface area contributed by atoms with Crippen LogP contribution in [0.5, 0.6) is 5.75 Å². The molecule has 0 saturated heterocycles. The SMILES string of the molecule is COc1ccc(CCN(C)c2cc(C(F)(F)F)ncn2)cc1. The number of benzene rings is 1. The largest absolute Gasteiger partial charge is 0.497 e. The van der Waals surface area contributed by atoms with Crippen LogP contribution in [-0.4, -0.2) is 30.7 Å². The molecule has 0 saturated carbocycles. The van der Waals surface area contributed by atoms with Crippen LogP contribution >= 0.6 is 0 Å². The van der Waals surface area contributed by atoms with Gasteiger partial charge in [0.15, 0.2) is 0 Å². The summed E-state index contributed by atoms with van der Waals surface area (Å²) in [7, 11) is 3.29. The molecular weight excluding hydrogens is 295 g/mol. The Kier molecular flexibility index (Phi) is 4.85. The smallest absolute Gasteiger partial charge is 0.433 e. The van der Waals surface area contributed by atoms with Gasteiger partial charge in [0.2, 0.25) is 0 Å². The number of rotatable bonds is 5. The van der Waals surface area contributed by atoms with E-state index in [1.807, 2.05) is 24.3 Å². The topological polar surface area (TPSA) is 38.2 Å². The van der Waals surface area contributed by atoms with Gasteiger partial charge in [-0.2, -0.15) is 13.2 Å². The number of methoxy groups -OCH3 is 1. The predicted octanol–water partition coefficient (Wildman–Crippen LogP) is 3.18. The molecule has 4 nitrogen and oxygen atoms in total. The summed E-state index contributed by atoms with van der Waals surface area (Å²) in [4.78, 5) is 8.81. The van der Waals surface area contributed by atoms with Crippen LogP contribution in [0.4, 0.5) is 19.0 Å². The van der Waals surface area contributed by atoms with Crippen LogP contribution in [0, 0.1) is 0 Å². The second-order valence-electron chi connectivity index (χ2n) is 4.78. The molecule has 1 aromatic heterocycles. The van der Waals surface area contributed by atoms with Crippen molar-refractivity contribution in [2.24, 2.45) is 0 Å². The Morgan fingerprint density at radius 1 is 1.14 bits per heavy atom. The number of hydrogen-bond donors (Lipinski definition) is 0. The molecular formula is C15H16F3N3O. The van der Waals surface area contributed by atoms with Crippen molar-refractivity contribution in [3.8, 4) is 5.75 Å². The number of ether oxygens (including phenoxy) is 1. The average molecular weight is 311 g/mol. The number of likely N-dealkylation sites (N-methyl/N-ethyl adjacent to an activating group) is 1. The third kappa shape index (κ3) is 4.09. The van der Waals surface area contributed by atoms with Crippen molar-refractivity contribution in [3.05, 3.63) is 47.9 Å². The summed E-state index contributed by atoms with van der Waals surface area (Å²) >= 11 is 0. The maximum atomic E-state index is 12.6. The van der Waals surface area contributed by atoms with Crippen LogP contribution in [-0.2, 0) is 12.6 Å². The summed E-state index contributed by atoms with van der Waals surface area (Å²) in [6.07, 6.45) is -2.84. The average Bonchev–Trinajstić information content (AvgIpc) is 2.52. The lowest BCUT2D eigenvalue weighted by atomic mass is 10.1. The fourth-order valence-corrected chi connectivity index (χ4v) is 1.91. The highest BCUT2D eigenvalue weighted by Gasteiger charge is 2.33. The van der Waals surface area contributed by atoms with Gasteiger partial charge in [-0.25, -0.2) is 9.97 Å². The fourth-order valence-electron chi connectivity index (χ4n) is 1.91. The number of nitrogens with zero attached hydrogens (tertiary/aromatic N) is 3. The first-order chi connectivity index (χ1) is 10.4. The van der Waals surface area contributed by atoms with E-state index in [4.69, 9.17) is 4.74 Å². The minimum Gasteiger partial charge on any atom is -0.497 e. The molecule has 7 heteroatoms. The van der Waals surface area contributed by atoms with Crippen molar-refractivity contribution in [2.45, 2.75) is 12.6 Å². The molecule has 0 amide bonds. The zero-order valence-electron chi connectivity index (χ0n) is 12.3. The van der Waals surface area contributed by atoms with Crippen LogP contribution in [0.2, 0.25) is 0 Å². The van der Waals surface area contributed by atoms with Crippen molar-refractivity contribution < 1.29 is 17.9 Å². The van der Waals surface area contributed by atoms with E-state index in [-0.39, 0.29) is 5.82 Å². The van der Waals surface area contributed by atoms with Gasteiger partial charge < -0.3 is 9.64 Å². The Balaban J connectivity index is 2.01. The first-order valence-electron chi connectivity index (χ1n) is 6.63. The molecule has 0 N–H and O–H groups in total. The highest BCUT2D eigenvalue weighted by atomic mass is 19.4. The Morgan fingerprint density at radius 3 is 2.41 bits per heavy atom. The summed E-state index contributed by atoms with van der Waals surface area (Å²) in [5.41, 5.74) is 0.131. The molecule has 0 spiro atoms. The zero-order chi connectivity index (χ0) is 16.2. The number of aromatic nitrogens is 2. The molecule has 0 aliphatic rings. The molecule has 0 bridgehead atoms. The molecule has 1 heterocycles. The van der Waals surface area contributed by atoms with E-state index in [1.54, 1.807) is 19.1 Å². The lowest BCUT2D eigenvalue weighted by molar-refractivity contribution is -0.141. The normalized spacial score (nSPS) is 11.3. The van der Waals surface area contributed by atoms with Crippen LogP contribution in [0.25, 0.3) is 0 Å². The van der Waals surface area contributed by atoms with Gasteiger partial charge in [-0.3, -0.25) is 0 Å². The molecule has 1 aromatic carbocycles. The second kappa shape index (κ2) is 6.64. The van der Waals surface area contributed by atoms with Crippen LogP contribution in [0.15, 0.2) is 36.7 Å². The van der Waals surface area contributed by atoms with Gasteiger partial charge in [0, 0.05) is 19.7 Å². The van der Waals surface area contributed by atoms with Gasteiger partial charge in [-0.15, -0.1) is 0 Å². The lowest BCUT2D eigenvalue weighted by Gasteiger charge is -2.19. The van der Waals surface area contributed by atoms with E-state index < -0.39 is 11.9 Å². The van der Waals surface area contributed by atoms with Crippen molar-refractivity contribution in [1.82, 2.24) is 9.97 Å². The van der Waals surface area contributed by atoms with E-state index in [0.717, 1.165) is 23.7 Å². The Morgan fingerprint density at radius 2 is 1.82 bits per heavy atom. The summed E-state index contributed by atoms with van der Waals surface area (Å²) < 4.78 is 43.0. The van der Waals surface area contributed by atoms with Gasteiger partial charge in [-0.05, 0) is 24.1 Å². The standard InChI is InChI=1S/C15H16F3N3O/c1-21(8-7-11-3-5-12(22-2)6-4-11)14-9-13(15(16,17)18)19-10-20-14/h3-6,9-10H,7-8H2,1-2H3. The van der Waals surface area contributed by atoms with Gasteiger partial charge in [-0.1, -0.05) is 12.1 Å². The van der Waals surface area contributed by atoms with Crippen LogP contribution < -0.4 is 9.64 Å². The van der Waals surface area contributed by atoms with E-state index in [1.165, 1.54) is 0 Å². The minimum atomic E-state index is -4.46. The summed E-state index contributed by atoms with van der Waals surface area (Å²) in [5.74, 6) is 1.01. The number of halogens is 3. The molecule has 0 aliphatic heterocycles. The maximum Gasteiger partial charge on any atom is 0.433 e. The molecule has 2 rings (SSSR count). The van der Waals surface area contributed by atoms with Gasteiger partial charge >= 0.3 is 6.18 Å². The molecule has 0 radical (unpaired) electrons. The Bertz CT molecular complexity index is 614. The first-order valence-corrected chi connectivity index (χ1v) is 6.63. The summed E-state index contributed by atoms with van der Waals surface area (Å²) in [5, 5.41) is 0. The third-order valence-electron chi connectivity index (χ3n) is 3.23. The second-order valence-corrected chi connectivity index (χ2v) is 4.78. The molecule has 0 unspecified atom stereocenters. The predicted molar refractivity (Wildman–Crippen MR) is 77.0 cm³/mol. The molecule has 2 aromatic rings. The van der Waals surface area contributed by atoms with Crippen molar-refractivity contribution in [1.29, 1.82) is 0 Å². The van der Waals surface area contributed by atoms with Crippen molar-refractivity contribution in [2.75, 3.05) is 25.6 Å². The molecule has 0 fully saturated rings. The fraction of sp³-hybridized carbons (Fsp3) is 0.333. The lowest BCUT2D eigenvalue weighted by Crippen LogP contribution is -2.22. The molecule has 22 heavy (non-hydrogen) atoms. The maximum absolute atomic E-state index is 12.6. The molecule has 0 aliphatic carbocycles. The van der Waals surface area contributed by atoms with E-state index >= 15 is 0 Å². The quantitative estimate of drug-likeness (QED) is 0.850.